The molecule has 100 valence electrons. The molecule has 0 fully saturated rings. The number of pyridine rings is 1. The van der Waals surface area contributed by atoms with Crippen molar-refractivity contribution in [3.05, 3.63) is 47.7 Å². The van der Waals surface area contributed by atoms with Crippen molar-refractivity contribution in [1.82, 2.24) is 4.98 Å². The monoisotopic (exact) mass is 268 g/mol. The van der Waals surface area contributed by atoms with Gasteiger partial charge in [-0.25, -0.2) is 4.98 Å². The van der Waals surface area contributed by atoms with Crippen LogP contribution in [-0.4, -0.2) is 17.9 Å². The molecule has 0 amide bonds. The molecular formula is C15H12N2O3. The second-order valence-corrected chi connectivity index (χ2v) is 4.05. The molecule has 5 nitrogen and oxygen atoms in total. The molecule has 0 N–H and O–H groups in total. The van der Waals surface area contributed by atoms with Gasteiger partial charge in [-0.05, 0) is 25.1 Å². The minimum atomic E-state index is -0.0582. The highest BCUT2D eigenvalue weighted by Crippen LogP contribution is 2.26. The SMILES string of the molecule is COc1cc(C#N)cc(Oc2ccc(C(C)=O)cn2)c1. The molecule has 0 spiro atoms. The summed E-state index contributed by atoms with van der Waals surface area (Å²) in [6, 6.07) is 10.1. The van der Waals surface area contributed by atoms with Gasteiger partial charge >= 0.3 is 0 Å². The van der Waals surface area contributed by atoms with Gasteiger partial charge in [-0.1, -0.05) is 0 Å². The van der Waals surface area contributed by atoms with Crippen LogP contribution in [0.2, 0.25) is 0 Å². The number of nitriles is 1. The van der Waals surface area contributed by atoms with Gasteiger partial charge in [0.2, 0.25) is 5.88 Å². The van der Waals surface area contributed by atoms with Gasteiger partial charge in [0.15, 0.2) is 5.78 Å². The Morgan fingerprint density at radius 2 is 2.00 bits per heavy atom. The highest BCUT2D eigenvalue weighted by atomic mass is 16.5. The zero-order valence-electron chi connectivity index (χ0n) is 11.1. The molecule has 0 bridgehead atoms. The van der Waals surface area contributed by atoms with Crippen LogP contribution in [-0.2, 0) is 0 Å². The maximum Gasteiger partial charge on any atom is 0.219 e. The first-order valence-corrected chi connectivity index (χ1v) is 5.86. The number of carbonyl (C=O) groups is 1. The first-order valence-electron chi connectivity index (χ1n) is 5.86. The Labute approximate surface area is 116 Å². The van der Waals surface area contributed by atoms with Gasteiger partial charge in [-0.3, -0.25) is 4.79 Å². The predicted molar refractivity (Wildman–Crippen MR) is 72.0 cm³/mol. The number of ketones is 1. The van der Waals surface area contributed by atoms with E-state index in [9.17, 15) is 4.79 Å². The van der Waals surface area contributed by atoms with Gasteiger partial charge in [-0.2, -0.15) is 5.26 Å². The Hall–Kier alpha value is -2.87. The normalized spacial score (nSPS) is 9.65. The number of benzene rings is 1. The summed E-state index contributed by atoms with van der Waals surface area (Å²) < 4.78 is 10.6. The van der Waals surface area contributed by atoms with Gasteiger partial charge in [-0.15, -0.1) is 0 Å². The summed E-state index contributed by atoms with van der Waals surface area (Å²) in [6.45, 7) is 1.47. The topological polar surface area (TPSA) is 72.2 Å². The van der Waals surface area contributed by atoms with Gasteiger partial charge in [0.25, 0.3) is 0 Å². The first kappa shape index (κ1) is 13.6. The molecule has 1 heterocycles. The Balaban J connectivity index is 2.25. The minimum Gasteiger partial charge on any atom is -0.497 e. The summed E-state index contributed by atoms with van der Waals surface area (Å²) >= 11 is 0. The predicted octanol–water partition coefficient (Wildman–Crippen LogP) is 2.96. The molecule has 2 aromatic rings. The zero-order valence-corrected chi connectivity index (χ0v) is 11.1. The highest BCUT2D eigenvalue weighted by Gasteiger charge is 2.05. The smallest absolute Gasteiger partial charge is 0.219 e. The molecule has 1 aromatic carbocycles. The molecule has 5 heteroatoms. The third-order valence-corrected chi connectivity index (χ3v) is 2.61. The number of rotatable bonds is 4. The van der Waals surface area contributed by atoms with E-state index < -0.39 is 0 Å². The summed E-state index contributed by atoms with van der Waals surface area (Å²) in [4.78, 5) is 15.2. The molecule has 20 heavy (non-hydrogen) atoms. The molecule has 0 unspecified atom stereocenters. The van der Waals surface area contributed by atoms with E-state index in [2.05, 4.69) is 4.98 Å². The van der Waals surface area contributed by atoms with Crippen LogP contribution < -0.4 is 9.47 Å². The number of aromatic nitrogens is 1. The van der Waals surface area contributed by atoms with E-state index in [0.717, 1.165) is 0 Å². The van der Waals surface area contributed by atoms with Gasteiger partial charge in [0, 0.05) is 23.9 Å². The average Bonchev–Trinajstić information content (AvgIpc) is 2.47. The number of hydrogen-bond donors (Lipinski definition) is 0. The molecule has 0 radical (unpaired) electrons. The van der Waals surface area contributed by atoms with Gasteiger partial charge in [0.05, 0.1) is 18.7 Å². The number of Topliss-reactive ketones (excluding diaryl/α,β-unsaturated/α-hetero) is 1. The number of ether oxygens (including phenoxy) is 2. The van der Waals surface area contributed by atoms with Gasteiger partial charge in [0.1, 0.15) is 11.5 Å². The highest BCUT2D eigenvalue weighted by molar-refractivity contribution is 5.93. The fourth-order valence-corrected chi connectivity index (χ4v) is 1.58. The van der Waals surface area contributed by atoms with Crippen molar-refractivity contribution < 1.29 is 14.3 Å². The largest absolute Gasteiger partial charge is 0.497 e. The van der Waals surface area contributed by atoms with E-state index >= 15 is 0 Å². The second kappa shape index (κ2) is 5.85. The number of hydrogen-bond acceptors (Lipinski definition) is 5. The van der Waals surface area contributed by atoms with Crippen LogP contribution in [0, 0.1) is 11.3 Å². The van der Waals surface area contributed by atoms with Crippen LogP contribution >= 0.6 is 0 Å². The number of carbonyl (C=O) groups excluding carboxylic acids is 1. The lowest BCUT2D eigenvalue weighted by molar-refractivity contribution is 0.101. The summed E-state index contributed by atoms with van der Waals surface area (Å²) in [7, 11) is 1.51. The Bertz CT molecular complexity index is 673. The van der Waals surface area contributed by atoms with Gasteiger partial charge < -0.3 is 9.47 Å². The zero-order chi connectivity index (χ0) is 14.5. The Kier molecular flexibility index (Phi) is 3.96. The quantitative estimate of drug-likeness (QED) is 0.797. The lowest BCUT2D eigenvalue weighted by Crippen LogP contribution is -1.95. The number of methoxy groups -OCH3 is 1. The fraction of sp³-hybridized carbons (Fsp3) is 0.133. The lowest BCUT2D eigenvalue weighted by Gasteiger charge is -2.07. The summed E-state index contributed by atoms with van der Waals surface area (Å²) in [5.41, 5.74) is 0.945. The summed E-state index contributed by atoms with van der Waals surface area (Å²) in [6.07, 6.45) is 1.45. The van der Waals surface area contributed by atoms with E-state index in [1.165, 1.54) is 20.2 Å². The van der Waals surface area contributed by atoms with Crippen LogP contribution in [0.15, 0.2) is 36.5 Å². The maximum absolute atomic E-state index is 11.1. The number of nitrogens with zero attached hydrogens (tertiary/aromatic N) is 2. The summed E-state index contributed by atoms with van der Waals surface area (Å²) in [5, 5.41) is 8.93. The Morgan fingerprint density at radius 1 is 1.25 bits per heavy atom. The molecule has 0 saturated carbocycles. The van der Waals surface area contributed by atoms with Crippen molar-refractivity contribution in [2.75, 3.05) is 7.11 Å². The molecule has 0 saturated heterocycles. The van der Waals surface area contributed by atoms with Crippen LogP contribution in [0.1, 0.15) is 22.8 Å². The minimum absolute atomic E-state index is 0.0582. The fourth-order valence-electron chi connectivity index (χ4n) is 1.58. The van der Waals surface area contributed by atoms with Crippen LogP contribution in [0.3, 0.4) is 0 Å². The van der Waals surface area contributed by atoms with Crippen molar-refractivity contribution in [2.45, 2.75) is 6.92 Å². The van der Waals surface area contributed by atoms with E-state index in [-0.39, 0.29) is 5.78 Å². The van der Waals surface area contributed by atoms with E-state index in [4.69, 9.17) is 14.7 Å². The summed E-state index contributed by atoms with van der Waals surface area (Å²) in [5.74, 6) is 1.26. The molecular weight excluding hydrogens is 256 g/mol. The molecule has 1 aromatic heterocycles. The third-order valence-electron chi connectivity index (χ3n) is 2.61. The van der Waals surface area contributed by atoms with Crippen molar-refractivity contribution in [2.24, 2.45) is 0 Å². The van der Waals surface area contributed by atoms with E-state index in [0.29, 0.717) is 28.5 Å². The Morgan fingerprint density at radius 3 is 2.55 bits per heavy atom. The van der Waals surface area contributed by atoms with Crippen molar-refractivity contribution in [3.8, 4) is 23.4 Å². The van der Waals surface area contributed by atoms with Crippen LogP contribution in [0.25, 0.3) is 0 Å². The average molecular weight is 268 g/mol. The maximum atomic E-state index is 11.1. The first-order chi connectivity index (χ1) is 9.62. The van der Waals surface area contributed by atoms with Crippen molar-refractivity contribution in [3.63, 3.8) is 0 Å². The standard InChI is InChI=1S/C15H12N2O3/c1-10(18)12-3-4-15(17-9-12)20-14-6-11(8-16)5-13(7-14)19-2/h3-7,9H,1-2H3. The van der Waals surface area contributed by atoms with Crippen LogP contribution in [0.5, 0.6) is 17.4 Å². The third kappa shape index (κ3) is 3.12. The molecule has 0 aliphatic heterocycles. The molecule has 0 aliphatic rings. The van der Waals surface area contributed by atoms with Crippen molar-refractivity contribution in [1.29, 1.82) is 5.26 Å². The van der Waals surface area contributed by atoms with Crippen LogP contribution in [0.4, 0.5) is 0 Å². The second-order valence-electron chi connectivity index (χ2n) is 4.05. The molecule has 2 rings (SSSR count). The van der Waals surface area contributed by atoms with E-state index in [1.807, 2.05) is 6.07 Å². The lowest BCUT2D eigenvalue weighted by atomic mass is 10.2. The van der Waals surface area contributed by atoms with Crippen molar-refractivity contribution >= 4 is 5.78 Å². The van der Waals surface area contributed by atoms with E-state index in [1.54, 1.807) is 30.3 Å². The molecule has 0 atom stereocenters. The molecule has 0 aliphatic carbocycles.